The molecule has 0 radical (unpaired) electrons. The van der Waals surface area contributed by atoms with E-state index >= 15 is 0 Å². The fourth-order valence-electron chi connectivity index (χ4n) is 2.86. The van der Waals surface area contributed by atoms with Crippen molar-refractivity contribution in [2.24, 2.45) is 5.92 Å². The van der Waals surface area contributed by atoms with E-state index in [0.29, 0.717) is 12.3 Å². The van der Waals surface area contributed by atoms with Gasteiger partial charge in [-0.05, 0) is 25.3 Å². The van der Waals surface area contributed by atoms with Crippen molar-refractivity contribution < 1.29 is 9.59 Å². The highest BCUT2D eigenvalue weighted by Gasteiger charge is 2.17. The first-order valence-electron chi connectivity index (χ1n) is 9.27. The van der Waals surface area contributed by atoms with Crippen LogP contribution in [0.15, 0.2) is 0 Å². The van der Waals surface area contributed by atoms with E-state index in [1.165, 1.54) is 19.3 Å². The highest BCUT2D eigenvalue weighted by Crippen LogP contribution is 2.07. The number of piperazine rings is 1. The van der Waals surface area contributed by atoms with Crippen molar-refractivity contribution in [3.8, 4) is 0 Å². The van der Waals surface area contributed by atoms with Crippen LogP contribution in [-0.2, 0) is 9.59 Å². The van der Waals surface area contributed by atoms with Gasteiger partial charge in [-0.25, -0.2) is 0 Å². The summed E-state index contributed by atoms with van der Waals surface area (Å²) in [5.74, 6) is 0.876. The predicted molar refractivity (Wildman–Crippen MR) is 94.2 cm³/mol. The molecule has 0 spiro atoms. The van der Waals surface area contributed by atoms with Crippen LogP contribution in [0.3, 0.4) is 0 Å². The molecule has 0 aromatic rings. The number of amides is 2. The molecule has 0 bridgehead atoms. The first kappa shape index (κ1) is 19.9. The minimum Gasteiger partial charge on any atom is -0.356 e. The molecule has 1 aliphatic heterocycles. The van der Waals surface area contributed by atoms with Gasteiger partial charge in [0.05, 0.1) is 0 Å². The molecule has 0 aromatic carbocycles. The van der Waals surface area contributed by atoms with E-state index in [0.717, 1.165) is 52.1 Å². The molecule has 5 heteroatoms. The van der Waals surface area contributed by atoms with Gasteiger partial charge in [-0.3, -0.25) is 14.5 Å². The Bertz CT molecular complexity index is 352. The Hall–Kier alpha value is -1.10. The van der Waals surface area contributed by atoms with E-state index in [2.05, 4.69) is 24.1 Å². The van der Waals surface area contributed by atoms with Crippen LogP contribution in [0.4, 0.5) is 0 Å². The Morgan fingerprint density at radius 3 is 2.30 bits per heavy atom. The number of nitrogens with zero attached hydrogens (tertiary/aromatic N) is 2. The van der Waals surface area contributed by atoms with Crippen LogP contribution < -0.4 is 5.32 Å². The van der Waals surface area contributed by atoms with E-state index in [9.17, 15) is 9.59 Å². The fraction of sp³-hybridized carbons (Fsp3) is 0.889. The number of nitrogens with one attached hydrogen (secondary N) is 1. The second-order valence-electron chi connectivity index (χ2n) is 6.83. The van der Waals surface area contributed by atoms with E-state index < -0.39 is 0 Å². The molecule has 23 heavy (non-hydrogen) atoms. The average Bonchev–Trinajstić information content (AvgIpc) is 2.54. The quantitative estimate of drug-likeness (QED) is 0.627. The highest BCUT2D eigenvalue weighted by atomic mass is 16.2. The van der Waals surface area contributed by atoms with Crippen molar-refractivity contribution in [3.05, 3.63) is 0 Å². The predicted octanol–water partition coefficient (Wildman–Crippen LogP) is 2.26. The third-order valence-electron chi connectivity index (χ3n) is 4.77. The lowest BCUT2D eigenvalue weighted by molar-refractivity contribution is -0.130. The molecule has 1 heterocycles. The number of hydrogen-bond acceptors (Lipinski definition) is 3. The van der Waals surface area contributed by atoms with Gasteiger partial charge >= 0.3 is 0 Å². The molecule has 0 saturated carbocycles. The Balaban J connectivity index is 1.92. The monoisotopic (exact) mass is 325 g/mol. The molecule has 5 nitrogen and oxygen atoms in total. The van der Waals surface area contributed by atoms with Crippen molar-refractivity contribution >= 4 is 11.8 Å². The van der Waals surface area contributed by atoms with Gasteiger partial charge in [-0.1, -0.05) is 33.1 Å². The van der Waals surface area contributed by atoms with Crippen LogP contribution >= 0.6 is 0 Å². The summed E-state index contributed by atoms with van der Waals surface area (Å²) in [5.41, 5.74) is 0. The molecular weight excluding hydrogens is 290 g/mol. The standard InChI is InChI=1S/C18H35N3O2/c1-4-16(2)15-18(23)19-9-7-5-6-8-10-20-11-13-21(14-12-20)17(3)22/h16H,4-15H2,1-3H3,(H,19,23). The number of hydrogen-bond donors (Lipinski definition) is 1. The van der Waals surface area contributed by atoms with E-state index in [1.54, 1.807) is 6.92 Å². The summed E-state index contributed by atoms with van der Waals surface area (Å²) < 4.78 is 0. The number of carbonyl (C=O) groups is 2. The summed E-state index contributed by atoms with van der Waals surface area (Å²) in [6, 6.07) is 0. The Kier molecular flexibility index (Phi) is 9.92. The van der Waals surface area contributed by atoms with Gasteiger partial charge in [-0.2, -0.15) is 0 Å². The second-order valence-corrected chi connectivity index (χ2v) is 6.83. The van der Waals surface area contributed by atoms with Crippen LogP contribution in [0.1, 0.15) is 59.3 Å². The highest BCUT2D eigenvalue weighted by molar-refractivity contribution is 5.76. The van der Waals surface area contributed by atoms with Crippen LogP contribution in [0.2, 0.25) is 0 Å². The lowest BCUT2D eigenvalue weighted by Crippen LogP contribution is -2.48. The van der Waals surface area contributed by atoms with Crippen LogP contribution in [0, 0.1) is 5.92 Å². The molecular formula is C18H35N3O2. The zero-order valence-electron chi connectivity index (χ0n) is 15.3. The summed E-state index contributed by atoms with van der Waals surface area (Å²) in [5, 5.41) is 3.02. The molecule has 2 amide bonds. The molecule has 1 N–H and O–H groups in total. The van der Waals surface area contributed by atoms with Gasteiger partial charge in [0, 0.05) is 46.1 Å². The van der Waals surface area contributed by atoms with Gasteiger partial charge < -0.3 is 10.2 Å². The summed E-state index contributed by atoms with van der Waals surface area (Å²) in [6.45, 7) is 11.6. The lowest BCUT2D eigenvalue weighted by Gasteiger charge is -2.34. The number of rotatable bonds is 10. The van der Waals surface area contributed by atoms with Crippen LogP contribution in [0.25, 0.3) is 0 Å². The number of carbonyl (C=O) groups excluding carboxylic acids is 2. The van der Waals surface area contributed by atoms with E-state index in [4.69, 9.17) is 0 Å². The minimum atomic E-state index is 0.194. The Morgan fingerprint density at radius 2 is 1.70 bits per heavy atom. The molecule has 1 saturated heterocycles. The average molecular weight is 325 g/mol. The summed E-state index contributed by atoms with van der Waals surface area (Å²) in [6.07, 6.45) is 6.40. The molecule has 0 aromatic heterocycles. The van der Waals surface area contributed by atoms with Crippen LogP contribution in [0.5, 0.6) is 0 Å². The van der Waals surface area contributed by atoms with Crippen molar-refractivity contribution in [1.82, 2.24) is 15.1 Å². The van der Waals surface area contributed by atoms with E-state index in [1.807, 2.05) is 4.90 Å². The maximum absolute atomic E-state index is 11.6. The molecule has 0 aliphatic carbocycles. The van der Waals surface area contributed by atoms with Gasteiger partial charge in [-0.15, -0.1) is 0 Å². The third-order valence-corrected chi connectivity index (χ3v) is 4.77. The fourth-order valence-corrected chi connectivity index (χ4v) is 2.86. The molecule has 1 unspecified atom stereocenters. The van der Waals surface area contributed by atoms with Gasteiger partial charge in [0.2, 0.25) is 11.8 Å². The lowest BCUT2D eigenvalue weighted by atomic mass is 10.1. The topological polar surface area (TPSA) is 52.7 Å². The summed E-state index contributed by atoms with van der Waals surface area (Å²) >= 11 is 0. The smallest absolute Gasteiger partial charge is 0.220 e. The van der Waals surface area contributed by atoms with Crippen LogP contribution in [-0.4, -0.2) is 60.9 Å². The zero-order chi connectivity index (χ0) is 17.1. The van der Waals surface area contributed by atoms with Gasteiger partial charge in [0.25, 0.3) is 0 Å². The minimum absolute atomic E-state index is 0.194. The Labute approximate surface area is 141 Å². The zero-order valence-corrected chi connectivity index (χ0v) is 15.3. The van der Waals surface area contributed by atoms with Crippen molar-refractivity contribution in [2.75, 3.05) is 39.3 Å². The number of unbranched alkanes of at least 4 members (excludes halogenated alkanes) is 3. The van der Waals surface area contributed by atoms with Crippen molar-refractivity contribution in [1.29, 1.82) is 0 Å². The summed E-state index contributed by atoms with van der Waals surface area (Å²) in [4.78, 5) is 27.3. The normalized spacial score (nSPS) is 17.1. The maximum Gasteiger partial charge on any atom is 0.220 e. The van der Waals surface area contributed by atoms with Gasteiger partial charge in [0.15, 0.2) is 0 Å². The largest absolute Gasteiger partial charge is 0.356 e. The SMILES string of the molecule is CCC(C)CC(=O)NCCCCCCN1CCN(C(C)=O)CC1. The molecule has 1 fully saturated rings. The Morgan fingerprint density at radius 1 is 1.04 bits per heavy atom. The van der Waals surface area contributed by atoms with Crippen molar-refractivity contribution in [2.45, 2.75) is 59.3 Å². The molecule has 1 aliphatic rings. The van der Waals surface area contributed by atoms with Gasteiger partial charge in [0.1, 0.15) is 0 Å². The molecule has 1 rings (SSSR count). The van der Waals surface area contributed by atoms with Crippen molar-refractivity contribution in [3.63, 3.8) is 0 Å². The first-order valence-corrected chi connectivity index (χ1v) is 9.27. The second kappa shape index (κ2) is 11.4. The van der Waals surface area contributed by atoms with E-state index in [-0.39, 0.29) is 11.8 Å². The first-order chi connectivity index (χ1) is 11.0. The summed E-state index contributed by atoms with van der Waals surface area (Å²) in [7, 11) is 0. The molecule has 1 atom stereocenters. The maximum atomic E-state index is 11.6. The molecule has 134 valence electrons. The third kappa shape index (κ3) is 8.94.